The highest BCUT2D eigenvalue weighted by Gasteiger charge is 2.16. The van der Waals surface area contributed by atoms with E-state index in [1.807, 2.05) is 31.2 Å². The average molecular weight is 298 g/mol. The molecule has 0 saturated carbocycles. The number of benzene rings is 1. The van der Waals surface area contributed by atoms with Gasteiger partial charge >= 0.3 is 0 Å². The number of furan rings is 1. The van der Waals surface area contributed by atoms with Crippen LogP contribution in [0.2, 0.25) is 10.0 Å². The molecule has 4 heteroatoms. The topological polar surface area (TPSA) is 25.2 Å². The minimum absolute atomic E-state index is 0.123. The lowest BCUT2D eigenvalue weighted by atomic mass is 10.0. The standard InChI is InChI=1S/C15H17Cl2NO/c1-3-18-14(15-7-4-10(2)19-15)8-11-5-6-12(16)9-13(11)17/h4-7,9,14,18H,3,8H2,1-2H3. The van der Waals surface area contributed by atoms with Crippen molar-refractivity contribution in [3.63, 3.8) is 0 Å². The van der Waals surface area contributed by atoms with Crippen LogP contribution < -0.4 is 5.32 Å². The van der Waals surface area contributed by atoms with Gasteiger partial charge in [0.1, 0.15) is 11.5 Å². The Bertz CT molecular complexity index is 551. The molecular formula is C15H17Cl2NO. The summed E-state index contributed by atoms with van der Waals surface area (Å²) in [5, 5.41) is 4.77. The van der Waals surface area contributed by atoms with Gasteiger partial charge in [0.2, 0.25) is 0 Å². The van der Waals surface area contributed by atoms with E-state index in [1.165, 1.54) is 0 Å². The molecule has 0 aliphatic carbocycles. The molecule has 2 nitrogen and oxygen atoms in total. The lowest BCUT2D eigenvalue weighted by molar-refractivity contribution is 0.403. The zero-order valence-corrected chi connectivity index (χ0v) is 12.6. The fourth-order valence-corrected chi connectivity index (χ4v) is 2.55. The Morgan fingerprint density at radius 2 is 2.00 bits per heavy atom. The molecule has 1 heterocycles. The lowest BCUT2D eigenvalue weighted by Gasteiger charge is -2.16. The van der Waals surface area contributed by atoms with E-state index in [0.29, 0.717) is 10.0 Å². The lowest BCUT2D eigenvalue weighted by Crippen LogP contribution is -2.22. The maximum atomic E-state index is 6.22. The minimum Gasteiger partial charge on any atom is -0.465 e. The summed E-state index contributed by atoms with van der Waals surface area (Å²) in [5.41, 5.74) is 1.06. The molecule has 0 amide bonds. The van der Waals surface area contributed by atoms with Crippen LogP contribution in [0.3, 0.4) is 0 Å². The zero-order valence-electron chi connectivity index (χ0n) is 11.0. The molecule has 1 atom stereocenters. The Balaban J connectivity index is 2.21. The minimum atomic E-state index is 0.123. The van der Waals surface area contributed by atoms with Crippen LogP contribution in [0.1, 0.15) is 30.0 Å². The Kier molecular flexibility index (Phi) is 4.92. The third-order valence-corrected chi connectivity index (χ3v) is 3.58. The van der Waals surface area contributed by atoms with Gasteiger partial charge in [0, 0.05) is 10.0 Å². The summed E-state index contributed by atoms with van der Waals surface area (Å²) in [6.45, 7) is 4.89. The highest BCUT2D eigenvalue weighted by Crippen LogP contribution is 2.27. The molecule has 1 unspecified atom stereocenters. The van der Waals surface area contributed by atoms with Crippen LogP contribution in [0.4, 0.5) is 0 Å². The van der Waals surface area contributed by atoms with Crippen LogP contribution in [0, 0.1) is 6.92 Å². The van der Waals surface area contributed by atoms with Gasteiger partial charge in [0.05, 0.1) is 6.04 Å². The number of hydrogen-bond donors (Lipinski definition) is 1. The summed E-state index contributed by atoms with van der Waals surface area (Å²) in [6, 6.07) is 9.70. The maximum Gasteiger partial charge on any atom is 0.121 e. The van der Waals surface area contributed by atoms with Crippen LogP contribution in [-0.4, -0.2) is 6.54 Å². The van der Waals surface area contributed by atoms with E-state index in [4.69, 9.17) is 27.6 Å². The van der Waals surface area contributed by atoms with E-state index in [2.05, 4.69) is 12.2 Å². The Hall–Kier alpha value is -0.960. The third-order valence-electron chi connectivity index (χ3n) is 2.99. The largest absolute Gasteiger partial charge is 0.465 e. The van der Waals surface area contributed by atoms with Crippen molar-refractivity contribution in [3.8, 4) is 0 Å². The Morgan fingerprint density at radius 3 is 2.58 bits per heavy atom. The van der Waals surface area contributed by atoms with Gasteiger partial charge in [0.15, 0.2) is 0 Å². The molecule has 1 aromatic carbocycles. The van der Waals surface area contributed by atoms with Gasteiger partial charge in [0.25, 0.3) is 0 Å². The number of nitrogens with one attached hydrogen (secondary N) is 1. The second-order valence-corrected chi connectivity index (χ2v) is 5.34. The molecule has 102 valence electrons. The van der Waals surface area contributed by atoms with Crippen molar-refractivity contribution in [2.45, 2.75) is 26.3 Å². The van der Waals surface area contributed by atoms with Crippen LogP contribution >= 0.6 is 23.2 Å². The van der Waals surface area contributed by atoms with Gasteiger partial charge in [-0.2, -0.15) is 0 Å². The molecule has 2 rings (SSSR count). The number of hydrogen-bond acceptors (Lipinski definition) is 2. The first-order valence-electron chi connectivity index (χ1n) is 6.33. The highest BCUT2D eigenvalue weighted by molar-refractivity contribution is 6.35. The van der Waals surface area contributed by atoms with Gasteiger partial charge in [-0.3, -0.25) is 0 Å². The summed E-state index contributed by atoms with van der Waals surface area (Å²) in [7, 11) is 0. The first-order chi connectivity index (χ1) is 9.10. The smallest absolute Gasteiger partial charge is 0.121 e. The summed E-state index contributed by atoms with van der Waals surface area (Å²) in [5.74, 6) is 1.85. The highest BCUT2D eigenvalue weighted by atomic mass is 35.5. The quantitative estimate of drug-likeness (QED) is 0.858. The van der Waals surface area contributed by atoms with Crippen LogP contribution in [0.15, 0.2) is 34.7 Å². The SMILES string of the molecule is CCNC(Cc1ccc(Cl)cc1Cl)c1ccc(C)o1. The van der Waals surface area contributed by atoms with Crippen molar-refractivity contribution in [2.24, 2.45) is 0 Å². The van der Waals surface area contributed by atoms with Gasteiger partial charge < -0.3 is 9.73 Å². The van der Waals surface area contributed by atoms with E-state index in [0.717, 1.165) is 30.0 Å². The number of rotatable bonds is 5. The number of likely N-dealkylation sites (N-methyl/N-ethyl adjacent to an activating group) is 1. The fourth-order valence-electron chi connectivity index (χ4n) is 2.07. The molecule has 2 aromatic rings. The van der Waals surface area contributed by atoms with Crippen molar-refractivity contribution >= 4 is 23.2 Å². The molecule has 0 spiro atoms. The van der Waals surface area contributed by atoms with Crippen LogP contribution in [0.5, 0.6) is 0 Å². The summed E-state index contributed by atoms with van der Waals surface area (Å²) in [6.07, 6.45) is 0.775. The molecule has 0 bridgehead atoms. The second kappa shape index (κ2) is 6.47. The maximum absolute atomic E-state index is 6.22. The summed E-state index contributed by atoms with van der Waals surface area (Å²) >= 11 is 12.1. The van der Waals surface area contributed by atoms with Crippen LogP contribution in [-0.2, 0) is 6.42 Å². The first kappa shape index (κ1) is 14.4. The Morgan fingerprint density at radius 1 is 1.21 bits per heavy atom. The van der Waals surface area contributed by atoms with Crippen LogP contribution in [0.25, 0.3) is 0 Å². The molecule has 19 heavy (non-hydrogen) atoms. The summed E-state index contributed by atoms with van der Waals surface area (Å²) < 4.78 is 5.70. The Labute approximate surface area is 123 Å². The molecule has 1 aromatic heterocycles. The van der Waals surface area contributed by atoms with E-state index >= 15 is 0 Å². The molecule has 0 aliphatic heterocycles. The summed E-state index contributed by atoms with van der Waals surface area (Å²) in [4.78, 5) is 0. The van der Waals surface area contributed by atoms with Gasteiger partial charge in [-0.05, 0) is 49.7 Å². The zero-order chi connectivity index (χ0) is 13.8. The predicted octanol–water partition coefficient (Wildman–Crippen LogP) is 4.79. The second-order valence-electron chi connectivity index (χ2n) is 4.50. The van der Waals surface area contributed by atoms with Crippen molar-refractivity contribution in [1.82, 2.24) is 5.32 Å². The van der Waals surface area contributed by atoms with Crippen molar-refractivity contribution in [3.05, 3.63) is 57.5 Å². The predicted molar refractivity (Wildman–Crippen MR) is 80.0 cm³/mol. The molecule has 1 N–H and O–H groups in total. The van der Waals surface area contributed by atoms with Crippen molar-refractivity contribution < 1.29 is 4.42 Å². The van der Waals surface area contributed by atoms with Gasteiger partial charge in [-0.15, -0.1) is 0 Å². The third kappa shape index (κ3) is 3.75. The molecule has 0 fully saturated rings. The first-order valence-corrected chi connectivity index (χ1v) is 7.09. The molecule has 0 radical (unpaired) electrons. The molecule has 0 aliphatic rings. The fraction of sp³-hybridized carbons (Fsp3) is 0.333. The van der Waals surface area contributed by atoms with E-state index < -0.39 is 0 Å². The van der Waals surface area contributed by atoms with E-state index in [1.54, 1.807) is 6.07 Å². The normalized spacial score (nSPS) is 12.6. The number of halogens is 2. The molecular weight excluding hydrogens is 281 g/mol. The van der Waals surface area contributed by atoms with E-state index in [-0.39, 0.29) is 6.04 Å². The van der Waals surface area contributed by atoms with Gasteiger partial charge in [-0.25, -0.2) is 0 Å². The van der Waals surface area contributed by atoms with Gasteiger partial charge in [-0.1, -0.05) is 36.2 Å². The monoisotopic (exact) mass is 297 g/mol. The van der Waals surface area contributed by atoms with E-state index in [9.17, 15) is 0 Å². The van der Waals surface area contributed by atoms with Crippen molar-refractivity contribution in [2.75, 3.05) is 6.54 Å². The average Bonchev–Trinajstić information content (AvgIpc) is 2.78. The number of aryl methyl sites for hydroxylation is 1. The van der Waals surface area contributed by atoms with Crippen molar-refractivity contribution in [1.29, 1.82) is 0 Å². The molecule has 0 saturated heterocycles.